The average Bonchev–Trinajstić information content (AvgIpc) is 2.26. The third-order valence-electron chi connectivity index (χ3n) is 2.73. The van der Waals surface area contributed by atoms with Gasteiger partial charge in [0.05, 0.1) is 0 Å². The zero-order valence-electron chi connectivity index (χ0n) is 9.99. The van der Waals surface area contributed by atoms with Gasteiger partial charge < -0.3 is 9.84 Å². The Morgan fingerprint density at radius 1 is 1.50 bits per heavy atom. The van der Waals surface area contributed by atoms with E-state index in [1.165, 1.54) is 5.56 Å². The molecule has 3 heteroatoms. The SMILES string of the molecule is CCC(C)c1ccc(OCC(=O)O)c(C)c1. The smallest absolute Gasteiger partial charge is 0.341 e. The highest BCUT2D eigenvalue weighted by Gasteiger charge is 2.07. The van der Waals surface area contributed by atoms with Gasteiger partial charge in [-0.05, 0) is 36.5 Å². The summed E-state index contributed by atoms with van der Waals surface area (Å²) in [5.41, 5.74) is 2.25. The molecule has 1 N–H and O–H groups in total. The van der Waals surface area contributed by atoms with Crippen molar-refractivity contribution in [1.82, 2.24) is 0 Å². The molecule has 88 valence electrons. The monoisotopic (exact) mass is 222 g/mol. The van der Waals surface area contributed by atoms with E-state index < -0.39 is 5.97 Å². The molecule has 0 aromatic heterocycles. The number of hydrogen-bond donors (Lipinski definition) is 1. The van der Waals surface area contributed by atoms with Crippen LogP contribution in [0, 0.1) is 6.92 Å². The van der Waals surface area contributed by atoms with Crippen LogP contribution in [0.5, 0.6) is 5.75 Å². The number of hydrogen-bond acceptors (Lipinski definition) is 2. The molecule has 0 aliphatic carbocycles. The Morgan fingerprint density at radius 3 is 2.69 bits per heavy atom. The number of rotatable bonds is 5. The number of benzene rings is 1. The molecule has 0 heterocycles. The minimum atomic E-state index is -0.953. The lowest BCUT2D eigenvalue weighted by Gasteiger charge is -2.12. The number of carbonyl (C=O) groups is 1. The summed E-state index contributed by atoms with van der Waals surface area (Å²) in [6.07, 6.45) is 1.09. The molecule has 1 aromatic rings. The van der Waals surface area contributed by atoms with Crippen molar-refractivity contribution in [3.8, 4) is 5.75 Å². The number of aryl methyl sites for hydroxylation is 1. The van der Waals surface area contributed by atoms with Gasteiger partial charge in [0.15, 0.2) is 6.61 Å². The van der Waals surface area contributed by atoms with Crippen LogP contribution in [0.15, 0.2) is 18.2 Å². The molecule has 3 nitrogen and oxygen atoms in total. The van der Waals surface area contributed by atoms with Crippen molar-refractivity contribution in [2.24, 2.45) is 0 Å². The van der Waals surface area contributed by atoms with Crippen molar-refractivity contribution in [3.63, 3.8) is 0 Å². The molecule has 0 radical (unpaired) electrons. The van der Waals surface area contributed by atoms with Gasteiger partial charge in [-0.15, -0.1) is 0 Å². The molecule has 16 heavy (non-hydrogen) atoms. The minimum absolute atomic E-state index is 0.288. The van der Waals surface area contributed by atoms with Crippen molar-refractivity contribution < 1.29 is 14.6 Å². The lowest BCUT2D eigenvalue weighted by atomic mass is 9.97. The molecular weight excluding hydrogens is 204 g/mol. The van der Waals surface area contributed by atoms with Crippen LogP contribution in [-0.4, -0.2) is 17.7 Å². The van der Waals surface area contributed by atoms with Gasteiger partial charge >= 0.3 is 5.97 Å². The number of carboxylic acid groups (broad SMARTS) is 1. The van der Waals surface area contributed by atoms with E-state index in [1.807, 2.05) is 19.1 Å². The van der Waals surface area contributed by atoms with Crippen molar-refractivity contribution >= 4 is 5.97 Å². The highest BCUT2D eigenvalue weighted by atomic mass is 16.5. The molecule has 0 amide bonds. The maximum Gasteiger partial charge on any atom is 0.341 e. The van der Waals surface area contributed by atoms with Gasteiger partial charge in [0.2, 0.25) is 0 Å². The number of aliphatic carboxylic acids is 1. The van der Waals surface area contributed by atoms with Crippen LogP contribution in [0.4, 0.5) is 0 Å². The maximum atomic E-state index is 10.4. The van der Waals surface area contributed by atoms with E-state index in [0.717, 1.165) is 12.0 Å². The molecule has 1 unspecified atom stereocenters. The van der Waals surface area contributed by atoms with E-state index in [4.69, 9.17) is 9.84 Å². The molecular formula is C13H18O3. The molecule has 0 bridgehead atoms. The Labute approximate surface area is 96.1 Å². The van der Waals surface area contributed by atoms with Gasteiger partial charge in [-0.1, -0.05) is 26.0 Å². The highest BCUT2D eigenvalue weighted by molar-refractivity contribution is 5.68. The van der Waals surface area contributed by atoms with Gasteiger partial charge in [0.1, 0.15) is 5.75 Å². The van der Waals surface area contributed by atoms with E-state index in [0.29, 0.717) is 11.7 Å². The van der Waals surface area contributed by atoms with Crippen molar-refractivity contribution in [2.45, 2.75) is 33.1 Å². The van der Waals surface area contributed by atoms with Crippen LogP contribution in [0.25, 0.3) is 0 Å². The first-order chi connectivity index (χ1) is 7.54. The number of carboxylic acids is 1. The van der Waals surface area contributed by atoms with Gasteiger partial charge in [-0.2, -0.15) is 0 Å². The number of ether oxygens (including phenoxy) is 1. The van der Waals surface area contributed by atoms with Gasteiger partial charge in [-0.3, -0.25) is 0 Å². The van der Waals surface area contributed by atoms with E-state index in [-0.39, 0.29) is 6.61 Å². The first kappa shape index (κ1) is 12.6. The summed E-state index contributed by atoms with van der Waals surface area (Å²) in [4.78, 5) is 10.4. The Hall–Kier alpha value is -1.51. The normalized spacial score (nSPS) is 12.2. The molecule has 0 saturated carbocycles. The van der Waals surface area contributed by atoms with E-state index >= 15 is 0 Å². The van der Waals surface area contributed by atoms with E-state index in [9.17, 15) is 4.79 Å². The Bertz CT molecular complexity index is 371. The van der Waals surface area contributed by atoms with E-state index in [1.54, 1.807) is 0 Å². The predicted octanol–water partition coefficient (Wildman–Crippen LogP) is 2.97. The second-order valence-corrected chi connectivity index (χ2v) is 4.02. The fourth-order valence-corrected chi connectivity index (χ4v) is 1.52. The summed E-state index contributed by atoms with van der Waals surface area (Å²) in [6, 6.07) is 5.91. The Balaban J connectivity index is 2.79. The molecule has 0 saturated heterocycles. The van der Waals surface area contributed by atoms with Crippen molar-refractivity contribution in [3.05, 3.63) is 29.3 Å². The molecule has 0 fully saturated rings. The fraction of sp³-hybridized carbons (Fsp3) is 0.462. The summed E-state index contributed by atoms with van der Waals surface area (Å²) in [5.74, 6) is 0.215. The Kier molecular flexibility index (Phi) is 4.35. The fourth-order valence-electron chi connectivity index (χ4n) is 1.52. The van der Waals surface area contributed by atoms with Crippen LogP contribution in [0.1, 0.15) is 37.3 Å². The molecule has 0 spiro atoms. The van der Waals surface area contributed by atoms with Crippen LogP contribution in [0.3, 0.4) is 0 Å². The van der Waals surface area contributed by atoms with Crippen LogP contribution < -0.4 is 4.74 Å². The van der Waals surface area contributed by atoms with Crippen molar-refractivity contribution in [2.75, 3.05) is 6.61 Å². The quantitative estimate of drug-likeness (QED) is 0.833. The zero-order valence-corrected chi connectivity index (χ0v) is 9.99. The van der Waals surface area contributed by atoms with Crippen LogP contribution in [0.2, 0.25) is 0 Å². The molecule has 1 atom stereocenters. The first-order valence-corrected chi connectivity index (χ1v) is 5.49. The van der Waals surface area contributed by atoms with Crippen molar-refractivity contribution in [1.29, 1.82) is 0 Å². The summed E-state index contributed by atoms with van der Waals surface area (Å²) >= 11 is 0. The molecule has 1 aromatic carbocycles. The van der Waals surface area contributed by atoms with E-state index in [2.05, 4.69) is 19.9 Å². The summed E-state index contributed by atoms with van der Waals surface area (Å²) in [7, 11) is 0. The average molecular weight is 222 g/mol. The summed E-state index contributed by atoms with van der Waals surface area (Å²) in [5, 5.41) is 8.52. The topological polar surface area (TPSA) is 46.5 Å². The molecule has 0 aliphatic heterocycles. The van der Waals surface area contributed by atoms with Gasteiger partial charge in [0.25, 0.3) is 0 Å². The second kappa shape index (κ2) is 5.54. The minimum Gasteiger partial charge on any atom is -0.482 e. The summed E-state index contributed by atoms with van der Waals surface area (Å²) < 4.78 is 5.17. The zero-order chi connectivity index (χ0) is 12.1. The Morgan fingerprint density at radius 2 is 2.19 bits per heavy atom. The lowest BCUT2D eigenvalue weighted by Crippen LogP contribution is -2.10. The second-order valence-electron chi connectivity index (χ2n) is 4.02. The van der Waals surface area contributed by atoms with Gasteiger partial charge in [-0.25, -0.2) is 4.79 Å². The maximum absolute atomic E-state index is 10.4. The third-order valence-corrected chi connectivity index (χ3v) is 2.73. The van der Waals surface area contributed by atoms with Gasteiger partial charge in [0, 0.05) is 0 Å². The third kappa shape index (κ3) is 3.26. The molecule has 0 aliphatic rings. The van der Waals surface area contributed by atoms with Crippen LogP contribution in [-0.2, 0) is 4.79 Å². The standard InChI is InChI=1S/C13H18O3/c1-4-9(2)11-5-6-12(10(3)7-11)16-8-13(14)15/h5-7,9H,4,8H2,1-3H3,(H,14,15). The first-order valence-electron chi connectivity index (χ1n) is 5.49. The molecule has 1 rings (SSSR count). The lowest BCUT2D eigenvalue weighted by molar-refractivity contribution is -0.139. The van der Waals surface area contributed by atoms with Crippen LogP contribution >= 0.6 is 0 Å². The predicted molar refractivity (Wildman–Crippen MR) is 63.0 cm³/mol. The summed E-state index contributed by atoms with van der Waals surface area (Å²) in [6.45, 7) is 5.97. The largest absolute Gasteiger partial charge is 0.482 e. The highest BCUT2D eigenvalue weighted by Crippen LogP contribution is 2.25.